The van der Waals surface area contributed by atoms with Crippen LogP contribution in [0, 0.1) is 0 Å². The van der Waals surface area contributed by atoms with Crippen molar-refractivity contribution in [2.24, 2.45) is 5.10 Å². The Balaban J connectivity index is 1.46. The van der Waals surface area contributed by atoms with Crippen molar-refractivity contribution in [2.45, 2.75) is 5.09 Å². The van der Waals surface area contributed by atoms with Crippen molar-refractivity contribution in [1.82, 2.24) is 5.43 Å². The highest BCUT2D eigenvalue weighted by atomic mass is 79.9. The maximum atomic E-state index is 12.0. The number of hydrogen-bond acceptors (Lipinski definition) is 5. The second kappa shape index (κ2) is 9.91. The van der Waals surface area contributed by atoms with E-state index in [4.69, 9.17) is 4.42 Å². The zero-order chi connectivity index (χ0) is 19.8. The Hall–Kier alpha value is -2.84. The number of hydrogen-bond donors (Lipinski definition) is 2. The van der Waals surface area contributed by atoms with Crippen molar-refractivity contribution in [3.63, 3.8) is 0 Å². The number of anilines is 1. The van der Waals surface area contributed by atoms with E-state index in [1.54, 1.807) is 30.3 Å². The Morgan fingerprint density at radius 1 is 1.07 bits per heavy atom. The number of para-hydroxylation sites is 1. The maximum absolute atomic E-state index is 12.0. The number of rotatable bonds is 7. The molecule has 8 heteroatoms. The molecule has 0 aliphatic rings. The van der Waals surface area contributed by atoms with E-state index in [1.807, 2.05) is 36.4 Å². The summed E-state index contributed by atoms with van der Waals surface area (Å²) in [6.45, 7) is 0. The summed E-state index contributed by atoms with van der Waals surface area (Å²) in [5, 5.41) is 7.28. The topological polar surface area (TPSA) is 83.7 Å². The van der Waals surface area contributed by atoms with Gasteiger partial charge < -0.3 is 9.73 Å². The van der Waals surface area contributed by atoms with Crippen molar-refractivity contribution in [2.75, 3.05) is 11.1 Å². The maximum Gasteiger partial charge on any atom is 0.271 e. The molecule has 0 spiro atoms. The lowest BCUT2D eigenvalue weighted by Crippen LogP contribution is -2.17. The Morgan fingerprint density at radius 3 is 2.68 bits per heavy atom. The molecular weight excluding hydrogens is 442 g/mol. The molecule has 0 fully saturated rings. The van der Waals surface area contributed by atoms with Crippen LogP contribution in [0.2, 0.25) is 0 Å². The van der Waals surface area contributed by atoms with Gasteiger partial charge in [-0.05, 0) is 42.5 Å². The highest BCUT2D eigenvalue weighted by Gasteiger charge is 2.07. The summed E-state index contributed by atoms with van der Waals surface area (Å²) in [5.41, 5.74) is 3.68. The van der Waals surface area contributed by atoms with Gasteiger partial charge in [0, 0.05) is 15.7 Å². The van der Waals surface area contributed by atoms with E-state index in [0.717, 1.165) is 10.2 Å². The highest BCUT2D eigenvalue weighted by molar-refractivity contribution is 9.10. The molecule has 3 rings (SSSR count). The van der Waals surface area contributed by atoms with Crippen molar-refractivity contribution < 1.29 is 14.0 Å². The van der Waals surface area contributed by atoms with Gasteiger partial charge in [-0.3, -0.25) is 9.59 Å². The van der Waals surface area contributed by atoms with Gasteiger partial charge >= 0.3 is 0 Å². The number of amides is 2. The van der Waals surface area contributed by atoms with E-state index in [1.165, 1.54) is 18.0 Å². The van der Waals surface area contributed by atoms with Gasteiger partial charge in [0.2, 0.25) is 5.91 Å². The van der Waals surface area contributed by atoms with E-state index in [-0.39, 0.29) is 17.6 Å². The van der Waals surface area contributed by atoms with E-state index >= 15 is 0 Å². The first-order valence-corrected chi connectivity index (χ1v) is 10.0. The van der Waals surface area contributed by atoms with Crippen LogP contribution < -0.4 is 10.7 Å². The fourth-order valence-electron chi connectivity index (χ4n) is 2.19. The van der Waals surface area contributed by atoms with Crippen LogP contribution in [0.3, 0.4) is 0 Å². The Bertz CT molecular complexity index is 989. The van der Waals surface area contributed by atoms with Gasteiger partial charge in [0.25, 0.3) is 5.91 Å². The molecule has 0 saturated carbocycles. The van der Waals surface area contributed by atoms with Crippen LogP contribution in [0.15, 0.2) is 85.8 Å². The van der Waals surface area contributed by atoms with Crippen LogP contribution >= 0.6 is 27.7 Å². The van der Waals surface area contributed by atoms with Crippen LogP contribution in [0.5, 0.6) is 0 Å². The summed E-state index contributed by atoms with van der Waals surface area (Å²) in [7, 11) is 0. The van der Waals surface area contributed by atoms with Crippen LogP contribution in [-0.2, 0) is 4.79 Å². The first-order chi connectivity index (χ1) is 13.6. The van der Waals surface area contributed by atoms with Crippen molar-refractivity contribution >= 4 is 51.4 Å². The highest BCUT2D eigenvalue weighted by Crippen LogP contribution is 2.20. The van der Waals surface area contributed by atoms with Crippen LogP contribution in [0.25, 0.3) is 0 Å². The molecule has 0 atom stereocenters. The molecule has 1 heterocycles. The molecule has 2 amide bonds. The number of nitrogens with zero attached hydrogens (tertiary/aromatic N) is 1. The van der Waals surface area contributed by atoms with Gasteiger partial charge in [0.15, 0.2) is 5.09 Å². The molecular formula is C20H16BrN3O3S. The first kappa shape index (κ1) is 19.9. The summed E-state index contributed by atoms with van der Waals surface area (Å²) < 4.78 is 6.38. The Morgan fingerprint density at radius 2 is 1.89 bits per heavy atom. The lowest BCUT2D eigenvalue weighted by Gasteiger charge is -2.03. The van der Waals surface area contributed by atoms with Crippen LogP contribution in [0.1, 0.15) is 16.1 Å². The predicted octanol–water partition coefficient (Wildman–Crippen LogP) is 4.54. The number of carbonyl (C=O) groups excluding carboxylic acids is 2. The quantitative estimate of drug-likeness (QED) is 0.310. The molecule has 2 N–H and O–H groups in total. The number of halogens is 1. The standard InChI is InChI=1S/C20H16BrN3O3S/c21-15-6-4-5-14(11-15)20(26)24-22-12-17-9-10-19(27-17)28-13-18(25)23-16-7-2-1-3-8-16/h1-12H,13H2,(H,23,25)(H,24,26). The zero-order valence-electron chi connectivity index (χ0n) is 14.6. The van der Waals surface area contributed by atoms with E-state index < -0.39 is 0 Å². The third-order valence-electron chi connectivity index (χ3n) is 3.45. The van der Waals surface area contributed by atoms with Gasteiger partial charge in [-0.1, -0.05) is 52.0 Å². The Labute approximate surface area is 174 Å². The molecule has 0 unspecified atom stereocenters. The lowest BCUT2D eigenvalue weighted by atomic mass is 10.2. The second-order valence-electron chi connectivity index (χ2n) is 5.57. The van der Waals surface area contributed by atoms with Gasteiger partial charge in [-0.15, -0.1) is 0 Å². The summed E-state index contributed by atoms with van der Waals surface area (Å²) >= 11 is 4.59. The van der Waals surface area contributed by atoms with E-state index in [0.29, 0.717) is 16.4 Å². The number of furan rings is 1. The summed E-state index contributed by atoms with van der Waals surface area (Å²) in [6, 6.07) is 19.7. The molecule has 3 aromatic rings. The van der Waals surface area contributed by atoms with Crippen molar-refractivity contribution in [1.29, 1.82) is 0 Å². The third-order valence-corrected chi connectivity index (χ3v) is 4.85. The molecule has 0 bridgehead atoms. The molecule has 0 saturated heterocycles. The normalized spacial score (nSPS) is 10.8. The molecule has 28 heavy (non-hydrogen) atoms. The number of hydrazone groups is 1. The molecule has 0 aliphatic carbocycles. The number of carbonyl (C=O) groups is 2. The van der Waals surface area contributed by atoms with Gasteiger partial charge in [0.05, 0.1) is 12.0 Å². The fraction of sp³-hybridized carbons (Fsp3) is 0.0500. The summed E-state index contributed by atoms with van der Waals surface area (Å²) in [4.78, 5) is 23.9. The number of thioether (sulfide) groups is 1. The van der Waals surface area contributed by atoms with E-state index in [9.17, 15) is 9.59 Å². The minimum Gasteiger partial charge on any atom is -0.449 e. The minimum absolute atomic E-state index is 0.121. The van der Waals surface area contributed by atoms with Crippen LogP contribution in [0.4, 0.5) is 5.69 Å². The number of nitrogens with one attached hydrogen (secondary N) is 2. The molecule has 0 aliphatic heterocycles. The second-order valence-corrected chi connectivity index (χ2v) is 7.46. The minimum atomic E-state index is -0.323. The van der Waals surface area contributed by atoms with Gasteiger partial charge in [0.1, 0.15) is 5.76 Å². The molecule has 1 aromatic heterocycles. The van der Waals surface area contributed by atoms with Gasteiger partial charge in [-0.2, -0.15) is 5.10 Å². The predicted molar refractivity (Wildman–Crippen MR) is 114 cm³/mol. The largest absolute Gasteiger partial charge is 0.449 e. The lowest BCUT2D eigenvalue weighted by molar-refractivity contribution is -0.113. The average Bonchev–Trinajstić information content (AvgIpc) is 3.15. The summed E-state index contributed by atoms with van der Waals surface area (Å²) in [5.74, 6) is 0.249. The average molecular weight is 458 g/mol. The van der Waals surface area contributed by atoms with Crippen molar-refractivity contribution in [3.8, 4) is 0 Å². The third kappa shape index (κ3) is 6.11. The van der Waals surface area contributed by atoms with E-state index in [2.05, 4.69) is 31.8 Å². The number of benzene rings is 2. The summed E-state index contributed by atoms with van der Waals surface area (Å²) in [6.07, 6.45) is 1.41. The fourth-order valence-corrected chi connectivity index (χ4v) is 3.25. The molecule has 0 radical (unpaired) electrons. The van der Waals surface area contributed by atoms with Crippen molar-refractivity contribution in [3.05, 3.63) is 82.5 Å². The zero-order valence-corrected chi connectivity index (χ0v) is 17.0. The SMILES string of the molecule is O=C(CSc1ccc(C=NNC(=O)c2cccc(Br)c2)o1)Nc1ccccc1. The molecule has 2 aromatic carbocycles. The van der Waals surface area contributed by atoms with Crippen LogP contribution in [-0.4, -0.2) is 23.8 Å². The molecule has 6 nitrogen and oxygen atoms in total. The Kier molecular flexibility index (Phi) is 7.05. The molecule has 142 valence electrons. The van der Waals surface area contributed by atoms with Gasteiger partial charge in [-0.25, -0.2) is 5.43 Å². The monoisotopic (exact) mass is 457 g/mol. The smallest absolute Gasteiger partial charge is 0.271 e. The first-order valence-electron chi connectivity index (χ1n) is 8.27.